The van der Waals surface area contributed by atoms with E-state index in [1.165, 1.54) is 54.6 Å². The molecule has 0 aliphatic carbocycles. The third-order valence-electron chi connectivity index (χ3n) is 4.91. The molecule has 1 atom stereocenters. The van der Waals surface area contributed by atoms with Gasteiger partial charge in [0.1, 0.15) is 11.5 Å². The lowest BCUT2D eigenvalue weighted by atomic mass is 10.1. The number of aliphatic hydroxyl groups excluding tert-OH is 1. The first kappa shape index (κ1) is 28.5. The Hall–Kier alpha value is -3.06. The molecule has 3 aromatic carbocycles. The van der Waals surface area contributed by atoms with E-state index >= 15 is 0 Å². The number of hydrogen-bond donors (Lipinski definition) is 1. The standard InChI is InChI=1S/C24H18BrF8NO3/c25-15-8-9-18(26)20(10-15)36-17-6-3-5-16(11-17)34(13-21(35)23(29,30)31)12-14-4-1-2-7-19(14)37-24(32,33)22(27)28/h1-11,21-22,35H,12-13H2/t21-/m1/s1. The predicted octanol–water partition coefficient (Wildman–Crippen LogP) is 7.55. The molecule has 0 saturated carbocycles. The van der Waals surface area contributed by atoms with Crippen LogP contribution in [0, 0.1) is 5.82 Å². The van der Waals surface area contributed by atoms with Gasteiger partial charge >= 0.3 is 18.7 Å². The Labute approximate surface area is 214 Å². The predicted molar refractivity (Wildman–Crippen MR) is 122 cm³/mol. The Morgan fingerprint density at radius 3 is 2.27 bits per heavy atom. The molecule has 0 unspecified atom stereocenters. The first-order chi connectivity index (χ1) is 17.3. The fourth-order valence-corrected chi connectivity index (χ4v) is 3.47. The summed E-state index contributed by atoms with van der Waals surface area (Å²) < 4.78 is 116. The van der Waals surface area contributed by atoms with Gasteiger partial charge in [-0.25, -0.2) is 4.39 Å². The molecule has 0 radical (unpaired) electrons. The van der Waals surface area contributed by atoms with Crippen LogP contribution in [0.1, 0.15) is 5.56 Å². The van der Waals surface area contributed by atoms with E-state index in [9.17, 15) is 40.2 Å². The molecule has 200 valence electrons. The summed E-state index contributed by atoms with van der Waals surface area (Å²) in [5, 5.41) is 9.69. The zero-order chi connectivity index (χ0) is 27.4. The van der Waals surface area contributed by atoms with E-state index in [0.29, 0.717) is 4.47 Å². The lowest BCUT2D eigenvalue weighted by molar-refractivity contribution is -0.253. The van der Waals surface area contributed by atoms with Crippen molar-refractivity contribution in [1.82, 2.24) is 0 Å². The summed E-state index contributed by atoms with van der Waals surface area (Å²) in [4.78, 5) is 0.963. The maximum atomic E-state index is 14.1. The first-order valence-corrected chi connectivity index (χ1v) is 11.2. The van der Waals surface area contributed by atoms with Crippen LogP contribution >= 0.6 is 15.9 Å². The first-order valence-electron chi connectivity index (χ1n) is 10.4. The second kappa shape index (κ2) is 11.5. The lowest BCUT2D eigenvalue weighted by Crippen LogP contribution is -2.41. The number of para-hydroxylation sites is 1. The molecule has 0 spiro atoms. The number of ether oxygens (including phenoxy) is 2. The van der Waals surface area contributed by atoms with Crippen molar-refractivity contribution >= 4 is 21.6 Å². The number of alkyl halides is 7. The molecule has 0 heterocycles. The van der Waals surface area contributed by atoms with Crippen LogP contribution in [-0.4, -0.2) is 36.5 Å². The molecule has 3 rings (SSSR count). The number of hydrogen-bond acceptors (Lipinski definition) is 4. The van der Waals surface area contributed by atoms with Crippen LogP contribution in [0.25, 0.3) is 0 Å². The zero-order valence-electron chi connectivity index (χ0n) is 18.5. The average Bonchev–Trinajstić information content (AvgIpc) is 2.81. The van der Waals surface area contributed by atoms with Crippen molar-refractivity contribution in [3.8, 4) is 17.2 Å². The van der Waals surface area contributed by atoms with E-state index < -0.39 is 49.5 Å². The van der Waals surface area contributed by atoms with E-state index in [1.54, 1.807) is 0 Å². The molecule has 4 nitrogen and oxygen atoms in total. The molecule has 1 N–H and O–H groups in total. The lowest BCUT2D eigenvalue weighted by Gasteiger charge is -2.29. The van der Waals surface area contributed by atoms with Crippen LogP contribution in [0.2, 0.25) is 0 Å². The largest absolute Gasteiger partial charge is 0.461 e. The highest BCUT2D eigenvalue weighted by Gasteiger charge is 2.44. The Bertz CT molecular complexity index is 1210. The summed E-state index contributed by atoms with van der Waals surface area (Å²) >= 11 is 3.17. The van der Waals surface area contributed by atoms with Gasteiger partial charge in [0.15, 0.2) is 17.7 Å². The molecule has 0 amide bonds. The van der Waals surface area contributed by atoms with Crippen LogP contribution in [0.5, 0.6) is 17.2 Å². The Kier molecular flexibility index (Phi) is 8.90. The minimum Gasteiger partial charge on any atom is -0.454 e. The number of rotatable bonds is 10. The molecular weight excluding hydrogens is 582 g/mol. The van der Waals surface area contributed by atoms with Crippen molar-refractivity contribution in [1.29, 1.82) is 0 Å². The van der Waals surface area contributed by atoms with Gasteiger partial charge < -0.3 is 19.5 Å². The molecule has 0 aromatic heterocycles. The number of nitrogens with zero attached hydrogens (tertiary/aromatic N) is 1. The average molecular weight is 600 g/mol. The number of aliphatic hydroxyl groups is 1. The van der Waals surface area contributed by atoms with Crippen molar-refractivity contribution in [3.63, 3.8) is 0 Å². The van der Waals surface area contributed by atoms with Gasteiger partial charge in [-0.15, -0.1) is 0 Å². The third-order valence-corrected chi connectivity index (χ3v) is 5.40. The highest BCUT2D eigenvalue weighted by Crippen LogP contribution is 2.34. The second-order valence-electron chi connectivity index (χ2n) is 7.68. The highest BCUT2D eigenvalue weighted by molar-refractivity contribution is 9.10. The maximum Gasteiger partial charge on any atom is 0.461 e. The van der Waals surface area contributed by atoms with Gasteiger partial charge in [0.2, 0.25) is 0 Å². The van der Waals surface area contributed by atoms with Gasteiger partial charge in [0.25, 0.3) is 0 Å². The highest BCUT2D eigenvalue weighted by atomic mass is 79.9. The van der Waals surface area contributed by atoms with Crippen molar-refractivity contribution in [2.75, 3.05) is 11.4 Å². The van der Waals surface area contributed by atoms with Gasteiger partial charge in [0, 0.05) is 28.3 Å². The Morgan fingerprint density at radius 1 is 0.892 bits per heavy atom. The van der Waals surface area contributed by atoms with Gasteiger partial charge in [-0.3, -0.25) is 0 Å². The smallest absolute Gasteiger partial charge is 0.454 e. The van der Waals surface area contributed by atoms with Gasteiger partial charge in [0.05, 0.1) is 6.54 Å². The van der Waals surface area contributed by atoms with E-state index in [-0.39, 0.29) is 22.7 Å². The second-order valence-corrected chi connectivity index (χ2v) is 8.60. The summed E-state index contributed by atoms with van der Waals surface area (Å²) in [5.41, 5.74) is -0.145. The van der Waals surface area contributed by atoms with E-state index in [0.717, 1.165) is 17.0 Å². The summed E-state index contributed by atoms with van der Waals surface area (Å²) in [7, 11) is 0. The molecule has 0 bridgehead atoms. The fraction of sp³-hybridized carbons (Fsp3) is 0.250. The quantitative estimate of drug-likeness (QED) is 0.244. The van der Waals surface area contributed by atoms with E-state index in [4.69, 9.17) is 4.74 Å². The van der Waals surface area contributed by atoms with Crippen molar-refractivity contribution in [2.24, 2.45) is 0 Å². The molecular formula is C24H18BrF8NO3. The molecule has 0 fully saturated rings. The van der Waals surface area contributed by atoms with Crippen LogP contribution in [-0.2, 0) is 6.54 Å². The summed E-state index contributed by atoms with van der Waals surface area (Å²) in [6.45, 7) is -1.62. The fourth-order valence-electron chi connectivity index (χ4n) is 3.13. The molecule has 0 aliphatic rings. The van der Waals surface area contributed by atoms with Crippen LogP contribution in [0.3, 0.4) is 0 Å². The van der Waals surface area contributed by atoms with Crippen molar-refractivity contribution < 1.29 is 49.7 Å². The Morgan fingerprint density at radius 2 is 1.59 bits per heavy atom. The maximum absolute atomic E-state index is 14.1. The number of halogens is 9. The molecule has 0 saturated heterocycles. The monoisotopic (exact) mass is 599 g/mol. The molecule has 0 aliphatic heterocycles. The van der Waals surface area contributed by atoms with Crippen molar-refractivity contribution in [2.45, 2.75) is 31.4 Å². The third kappa shape index (κ3) is 7.71. The van der Waals surface area contributed by atoms with E-state index in [1.807, 2.05) is 0 Å². The number of anilines is 1. The summed E-state index contributed by atoms with van der Waals surface area (Å²) in [6.07, 6.45) is -16.9. The molecule has 3 aromatic rings. The topological polar surface area (TPSA) is 41.9 Å². The van der Waals surface area contributed by atoms with Gasteiger partial charge in [-0.05, 0) is 36.4 Å². The van der Waals surface area contributed by atoms with Gasteiger partial charge in [-0.2, -0.15) is 30.7 Å². The summed E-state index contributed by atoms with van der Waals surface area (Å²) in [5.74, 6) is -1.59. The SMILES string of the molecule is O[C@H](CN(Cc1ccccc1OC(F)(F)C(F)F)c1cccc(Oc2cc(Br)ccc2F)c1)C(F)(F)F. The van der Waals surface area contributed by atoms with Crippen LogP contribution < -0.4 is 14.4 Å². The zero-order valence-corrected chi connectivity index (χ0v) is 20.1. The van der Waals surface area contributed by atoms with Crippen molar-refractivity contribution in [3.05, 3.63) is 82.6 Å². The molecule has 37 heavy (non-hydrogen) atoms. The van der Waals surface area contributed by atoms with Crippen LogP contribution in [0.4, 0.5) is 40.8 Å². The minimum absolute atomic E-state index is 0.00904. The molecule has 13 heteroatoms. The summed E-state index contributed by atoms with van der Waals surface area (Å²) in [6, 6.07) is 13.9. The minimum atomic E-state index is -5.02. The van der Waals surface area contributed by atoms with Crippen LogP contribution in [0.15, 0.2) is 71.2 Å². The van der Waals surface area contributed by atoms with E-state index in [2.05, 4.69) is 20.7 Å². The normalized spacial score (nSPS) is 12.9. The Balaban J connectivity index is 1.96. The van der Waals surface area contributed by atoms with Gasteiger partial charge in [-0.1, -0.05) is 40.2 Å². The number of benzene rings is 3.